The maximum absolute atomic E-state index is 5.90. The molecule has 0 atom stereocenters. The third kappa shape index (κ3) is 5.07. The molecule has 0 saturated heterocycles. The first-order valence-corrected chi connectivity index (χ1v) is 12.2. The number of rotatable bonds is 2. The number of hydrogen-bond donors (Lipinski definition) is 0. The molecule has 116 valence electrons. The Morgan fingerprint density at radius 3 is 2.00 bits per heavy atom. The van der Waals surface area contributed by atoms with E-state index in [1.807, 2.05) is 60.7 Å². The van der Waals surface area contributed by atoms with Crippen molar-refractivity contribution in [1.29, 1.82) is 0 Å². The van der Waals surface area contributed by atoms with Gasteiger partial charge in [0.2, 0.25) is 0 Å². The number of hydrogen-bond acceptors (Lipinski definition) is 2. The van der Waals surface area contributed by atoms with Crippen molar-refractivity contribution in [3.05, 3.63) is 71.9 Å². The summed E-state index contributed by atoms with van der Waals surface area (Å²) < 4.78 is 0. The summed E-state index contributed by atoms with van der Waals surface area (Å²) in [5, 5.41) is 0.727. The first kappa shape index (κ1) is 17.4. The van der Waals surface area contributed by atoms with E-state index in [9.17, 15) is 0 Å². The van der Waals surface area contributed by atoms with E-state index in [0.29, 0.717) is 0 Å². The van der Waals surface area contributed by atoms with Crippen LogP contribution in [0.25, 0.3) is 22.6 Å². The first-order valence-electron chi connectivity index (χ1n) is 6.21. The van der Waals surface area contributed by atoms with Crippen LogP contribution in [0.5, 0.6) is 0 Å². The number of pyridine rings is 2. The van der Waals surface area contributed by atoms with E-state index in [1.165, 1.54) is 0 Å². The standard InChI is InChI=1S/C16H11ClN2.2ClH.Pt/c17-13-9-7-12(8-10-13)14-5-3-6-16(19-14)15-4-1-2-11-18-15;;;/h1-11H;2*1H;/q;;;+2/p-2. The molecule has 0 aliphatic carbocycles. The van der Waals surface area contributed by atoms with Gasteiger partial charge >= 0.3 is 35.3 Å². The summed E-state index contributed by atoms with van der Waals surface area (Å²) in [6.07, 6.45) is 1.77. The van der Waals surface area contributed by atoms with E-state index in [2.05, 4.69) is 9.97 Å². The van der Waals surface area contributed by atoms with Crippen molar-refractivity contribution < 1.29 is 16.5 Å². The van der Waals surface area contributed by atoms with Gasteiger partial charge in [-0.1, -0.05) is 35.9 Å². The van der Waals surface area contributed by atoms with Crippen molar-refractivity contribution >= 4 is 30.4 Å². The molecule has 3 aromatic rings. The average molecular weight is 533 g/mol. The molecule has 0 saturated carbocycles. The Bertz CT molecular complexity index is 706. The molecule has 2 heterocycles. The third-order valence-corrected chi connectivity index (χ3v) is 3.07. The zero-order chi connectivity index (χ0) is 15.8. The van der Waals surface area contributed by atoms with Gasteiger partial charge in [0, 0.05) is 16.8 Å². The zero-order valence-corrected chi connectivity index (χ0v) is 15.7. The molecule has 0 aliphatic heterocycles. The minimum absolute atomic E-state index is 0.472. The van der Waals surface area contributed by atoms with Crippen LogP contribution in [0.15, 0.2) is 66.9 Å². The average Bonchev–Trinajstić information content (AvgIpc) is 2.57. The number of halogens is 3. The zero-order valence-electron chi connectivity index (χ0n) is 11.2. The molecule has 0 amide bonds. The van der Waals surface area contributed by atoms with Gasteiger partial charge in [0.05, 0.1) is 17.1 Å². The number of aromatic nitrogens is 2. The van der Waals surface area contributed by atoms with E-state index >= 15 is 0 Å². The van der Waals surface area contributed by atoms with Crippen LogP contribution in [-0.2, 0) is 16.5 Å². The first-order chi connectivity index (χ1) is 10.7. The van der Waals surface area contributed by atoms with Crippen LogP contribution in [0.3, 0.4) is 0 Å². The predicted octanol–water partition coefficient (Wildman–Crippen LogP) is 5.84. The Kier molecular flexibility index (Phi) is 7.35. The Morgan fingerprint density at radius 2 is 1.36 bits per heavy atom. The van der Waals surface area contributed by atoms with Gasteiger partial charge in [-0.2, -0.15) is 0 Å². The number of nitrogens with zero attached hydrogens (tertiary/aromatic N) is 2. The normalized spacial score (nSPS) is 9.95. The van der Waals surface area contributed by atoms with Gasteiger partial charge in [-0.15, -0.1) is 0 Å². The molecular weight excluding hydrogens is 522 g/mol. The van der Waals surface area contributed by atoms with Gasteiger partial charge < -0.3 is 0 Å². The number of benzene rings is 1. The van der Waals surface area contributed by atoms with Crippen molar-refractivity contribution in [2.75, 3.05) is 0 Å². The molecule has 0 spiro atoms. The van der Waals surface area contributed by atoms with Crippen LogP contribution in [0.2, 0.25) is 5.02 Å². The molecule has 6 heteroatoms. The molecule has 3 rings (SSSR count). The summed E-state index contributed by atoms with van der Waals surface area (Å²) in [5.41, 5.74) is 3.70. The monoisotopic (exact) mass is 531 g/mol. The molecule has 22 heavy (non-hydrogen) atoms. The van der Waals surface area contributed by atoms with Crippen molar-refractivity contribution in [3.63, 3.8) is 0 Å². The van der Waals surface area contributed by atoms with Crippen molar-refractivity contribution in [3.8, 4) is 22.6 Å². The van der Waals surface area contributed by atoms with Crippen molar-refractivity contribution in [2.24, 2.45) is 0 Å². The van der Waals surface area contributed by atoms with Crippen molar-refractivity contribution in [2.45, 2.75) is 0 Å². The summed E-state index contributed by atoms with van der Waals surface area (Å²) in [7, 11) is 9.75. The van der Waals surface area contributed by atoms with E-state index in [0.717, 1.165) is 27.7 Å². The van der Waals surface area contributed by atoms with Crippen LogP contribution in [0.4, 0.5) is 0 Å². The molecule has 0 bridgehead atoms. The fourth-order valence-electron chi connectivity index (χ4n) is 1.87. The van der Waals surface area contributed by atoms with Crippen LogP contribution in [0, 0.1) is 0 Å². The second-order valence-electron chi connectivity index (χ2n) is 4.18. The predicted molar refractivity (Wildman–Crippen MR) is 89.6 cm³/mol. The molecule has 0 N–H and O–H groups in total. The summed E-state index contributed by atoms with van der Waals surface area (Å²) in [6.45, 7) is 0. The van der Waals surface area contributed by atoms with E-state index in [-0.39, 0.29) is 0 Å². The minimum atomic E-state index is -0.472. The molecule has 1 aromatic carbocycles. The fraction of sp³-hybridized carbons (Fsp3) is 0. The third-order valence-electron chi connectivity index (χ3n) is 2.82. The van der Waals surface area contributed by atoms with Gasteiger partial charge in [0.15, 0.2) is 0 Å². The molecule has 2 nitrogen and oxygen atoms in total. The SMILES string of the molecule is Clc1ccc(-c2cccc(-c3ccccn3)n2)cc1.[Cl][Pt][Cl]. The summed E-state index contributed by atoms with van der Waals surface area (Å²) in [4.78, 5) is 8.95. The topological polar surface area (TPSA) is 25.8 Å². The van der Waals surface area contributed by atoms with E-state index < -0.39 is 16.5 Å². The Labute approximate surface area is 150 Å². The van der Waals surface area contributed by atoms with Gasteiger partial charge in [0.1, 0.15) is 0 Å². The quantitative estimate of drug-likeness (QED) is 0.414. The van der Waals surface area contributed by atoms with Crippen LogP contribution in [0.1, 0.15) is 0 Å². The molecule has 2 aromatic heterocycles. The summed E-state index contributed by atoms with van der Waals surface area (Å²) >= 11 is 5.42. The van der Waals surface area contributed by atoms with Gasteiger partial charge in [-0.3, -0.25) is 4.98 Å². The summed E-state index contributed by atoms with van der Waals surface area (Å²) in [5.74, 6) is 0. The fourth-order valence-corrected chi connectivity index (χ4v) is 2.00. The molecule has 0 radical (unpaired) electrons. The molecule has 0 aliphatic rings. The van der Waals surface area contributed by atoms with Gasteiger partial charge in [-0.25, -0.2) is 4.98 Å². The second kappa shape index (κ2) is 9.27. The van der Waals surface area contributed by atoms with E-state index in [4.69, 9.17) is 30.4 Å². The Morgan fingerprint density at radius 1 is 0.727 bits per heavy atom. The Hall–Kier alpha value is -0.922. The second-order valence-corrected chi connectivity index (χ2v) is 7.89. The van der Waals surface area contributed by atoms with Gasteiger partial charge in [0.25, 0.3) is 0 Å². The van der Waals surface area contributed by atoms with Crippen LogP contribution in [-0.4, -0.2) is 9.97 Å². The molecule has 0 fully saturated rings. The van der Waals surface area contributed by atoms with Crippen LogP contribution >= 0.6 is 30.4 Å². The van der Waals surface area contributed by atoms with Crippen LogP contribution < -0.4 is 0 Å². The summed E-state index contributed by atoms with van der Waals surface area (Å²) in [6, 6.07) is 19.4. The maximum atomic E-state index is 5.90. The van der Waals surface area contributed by atoms with Gasteiger partial charge in [-0.05, 0) is 36.4 Å². The van der Waals surface area contributed by atoms with Crippen molar-refractivity contribution in [1.82, 2.24) is 9.97 Å². The Balaban J connectivity index is 0.000000545. The molecular formula is C16H11Cl3N2Pt. The molecule has 0 unspecified atom stereocenters. The van der Waals surface area contributed by atoms with E-state index in [1.54, 1.807) is 6.20 Å².